The Morgan fingerprint density at radius 2 is 1.57 bits per heavy atom. The molecule has 14 heteroatoms. The predicted molar refractivity (Wildman–Crippen MR) is 229 cm³/mol. The summed E-state index contributed by atoms with van der Waals surface area (Å²) < 4.78 is 36.8. The van der Waals surface area contributed by atoms with E-state index < -0.39 is 21.8 Å². The maximum Gasteiger partial charge on any atom is 0.255 e. The van der Waals surface area contributed by atoms with E-state index in [0.29, 0.717) is 36.6 Å². The average Bonchev–Trinajstić information content (AvgIpc) is 3.57. The van der Waals surface area contributed by atoms with Crippen LogP contribution in [0.4, 0.5) is 5.69 Å². The molecule has 13 nitrogen and oxygen atoms in total. The number of sulfone groups is 1. The van der Waals surface area contributed by atoms with E-state index in [1.54, 1.807) is 41.3 Å². The fraction of sp³-hybridized carbons (Fsp3) is 0.326. The summed E-state index contributed by atoms with van der Waals surface area (Å²) in [6, 6.07) is 28.5. The van der Waals surface area contributed by atoms with Gasteiger partial charge in [0.15, 0.2) is 9.84 Å². The number of imide groups is 1. The summed E-state index contributed by atoms with van der Waals surface area (Å²) >= 11 is 0. The van der Waals surface area contributed by atoms with Crippen LogP contribution in [0.15, 0.2) is 102 Å². The number of rotatable bonds is 14. The van der Waals surface area contributed by atoms with Gasteiger partial charge in [0, 0.05) is 87.2 Å². The number of phenolic OH excluding ortho intramolecular Hbond substituents is 1. The molecule has 3 heterocycles. The third kappa shape index (κ3) is 8.96. The average molecular weight is 832 g/mol. The number of anilines is 1. The van der Waals surface area contributed by atoms with Crippen molar-refractivity contribution in [3.63, 3.8) is 0 Å². The molecule has 0 saturated carbocycles. The number of carbonyl (C=O) groups excluding carboxylic acids is 3. The molecule has 312 valence electrons. The number of aromatic hydroxyl groups is 1. The van der Waals surface area contributed by atoms with Crippen LogP contribution >= 0.6 is 0 Å². The minimum Gasteiger partial charge on any atom is -0.508 e. The highest BCUT2D eigenvalue weighted by atomic mass is 32.2. The highest BCUT2D eigenvalue weighted by molar-refractivity contribution is 7.90. The van der Waals surface area contributed by atoms with Gasteiger partial charge in [0.2, 0.25) is 11.8 Å². The fourth-order valence-corrected chi connectivity index (χ4v) is 8.85. The number of nitrogens with one attached hydrogen (secondary N) is 1. The van der Waals surface area contributed by atoms with Gasteiger partial charge in [-0.2, -0.15) is 0 Å². The molecule has 2 fully saturated rings. The molecule has 0 aromatic heterocycles. The molecule has 3 aliphatic heterocycles. The van der Waals surface area contributed by atoms with Crippen molar-refractivity contribution >= 4 is 44.0 Å². The van der Waals surface area contributed by atoms with Crippen molar-refractivity contribution in [3.05, 3.63) is 108 Å². The summed E-state index contributed by atoms with van der Waals surface area (Å²) in [6.45, 7) is 10.2. The molecule has 3 amide bonds. The molecule has 0 radical (unpaired) electrons. The Bertz CT molecular complexity index is 2520. The van der Waals surface area contributed by atoms with Crippen LogP contribution in [-0.4, -0.2) is 117 Å². The minimum absolute atomic E-state index is 0.150. The molecule has 2 N–H and O–H groups in total. The van der Waals surface area contributed by atoms with E-state index in [-0.39, 0.29) is 28.9 Å². The zero-order valence-electron chi connectivity index (χ0n) is 33.8. The first-order valence-electron chi connectivity index (χ1n) is 20.4. The van der Waals surface area contributed by atoms with Gasteiger partial charge in [-0.3, -0.25) is 29.5 Å². The number of hydrogen-bond acceptors (Lipinski definition) is 11. The Morgan fingerprint density at radius 1 is 0.833 bits per heavy atom. The van der Waals surface area contributed by atoms with Crippen LogP contribution in [0.3, 0.4) is 0 Å². The van der Waals surface area contributed by atoms with Crippen molar-refractivity contribution in [2.24, 2.45) is 0 Å². The van der Waals surface area contributed by atoms with Crippen molar-refractivity contribution in [2.45, 2.75) is 37.2 Å². The van der Waals surface area contributed by atoms with E-state index in [2.05, 4.69) is 33.0 Å². The van der Waals surface area contributed by atoms with Gasteiger partial charge < -0.3 is 24.4 Å². The maximum absolute atomic E-state index is 13.1. The normalized spacial score (nSPS) is 17.3. The second-order valence-corrected chi connectivity index (χ2v) is 17.6. The standard InChI is InChI=1S/C46H49N5O8S/c1-3-48(20-21-49-22-24-50(25-23-49)34-7-16-41-33(28-34)30-51(46(41)55)42-18-19-43(53)47-45(42)54)26-27-58-36-9-11-37(12-10-36)59-44-39(15-6-32-29-35(52)8-17-40(32)44)31-4-13-38(14-5-31)60(2,56)57/h4-17,28-29,42,52H,3,18-27,30H2,1-2H3,(H,47,53,54). The van der Waals surface area contributed by atoms with E-state index >= 15 is 0 Å². The topological polar surface area (TPSA) is 149 Å². The molecule has 60 heavy (non-hydrogen) atoms. The summed E-state index contributed by atoms with van der Waals surface area (Å²) in [5.41, 5.74) is 4.22. The van der Waals surface area contributed by atoms with Crippen molar-refractivity contribution in [2.75, 3.05) is 70.1 Å². The molecular formula is C46H49N5O8S. The van der Waals surface area contributed by atoms with Crippen LogP contribution in [-0.2, 0) is 26.0 Å². The number of piperazine rings is 1. The SMILES string of the molecule is CCN(CCOc1ccc(Oc2c(-c3ccc(S(C)(=O)=O)cc3)ccc3cc(O)ccc23)cc1)CCN1CCN(c2ccc3c(c2)CN(C2CCC(=O)NC2=O)C3=O)CC1. The van der Waals surface area contributed by atoms with E-state index in [4.69, 9.17) is 9.47 Å². The first-order chi connectivity index (χ1) is 28.9. The molecule has 5 aromatic carbocycles. The lowest BCUT2D eigenvalue weighted by molar-refractivity contribution is -0.136. The fourth-order valence-electron chi connectivity index (χ4n) is 8.22. The van der Waals surface area contributed by atoms with Gasteiger partial charge in [0.05, 0.1) is 4.90 Å². The largest absolute Gasteiger partial charge is 0.508 e. The zero-order chi connectivity index (χ0) is 42.0. The number of amides is 3. The number of phenols is 1. The van der Waals surface area contributed by atoms with Crippen molar-refractivity contribution in [3.8, 4) is 34.1 Å². The zero-order valence-corrected chi connectivity index (χ0v) is 34.6. The van der Waals surface area contributed by atoms with Crippen LogP contribution in [0.1, 0.15) is 35.7 Å². The second kappa shape index (κ2) is 17.3. The summed E-state index contributed by atoms with van der Waals surface area (Å²) in [6.07, 6.45) is 1.78. The summed E-state index contributed by atoms with van der Waals surface area (Å²) in [5, 5.41) is 14.1. The lowest BCUT2D eigenvalue weighted by Crippen LogP contribution is -2.52. The molecule has 0 aliphatic carbocycles. The first kappa shape index (κ1) is 40.8. The highest BCUT2D eigenvalue weighted by Gasteiger charge is 2.39. The van der Waals surface area contributed by atoms with Crippen LogP contribution in [0.5, 0.6) is 23.0 Å². The van der Waals surface area contributed by atoms with Gasteiger partial charge in [0.1, 0.15) is 35.6 Å². The number of carbonyl (C=O) groups is 3. The Hall–Kier alpha value is -5.96. The summed E-state index contributed by atoms with van der Waals surface area (Å²) in [7, 11) is -3.34. The number of ether oxygens (including phenoxy) is 2. The monoisotopic (exact) mass is 831 g/mol. The number of benzene rings is 5. The summed E-state index contributed by atoms with van der Waals surface area (Å²) in [5.74, 6) is 1.24. The third-order valence-electron chi connectivity index (χ3n) is 11.7. The van der Waals surface area contributed by atoms with Crippen LogP contribution in [0.25, 0.3) is 21.9 Å². The first-order valence-corrected chi connectivity index (χ1v) is 22.3. The molecule has 3 aliphatic rings. The molecule has 8 rings (SSSR count). The van der Waals surface area contributed by atoms with Crippen molar-refractivity contribution in [1.29, 1.82) is 0 Å². The number of piperidine rings is 1. The summed E-state index contributed by atoms with van der Waals surface area (Å²) in [4.78, 5) is 46.3. The van der Waals surface area contributed by atoms with E-state index in [1.165, 1.54) is 6.26 Å². The van der Waals surface area contributed by atoms with Crippen LogP contribution in [0.2, 0.25) is 0 Å². The molecule has 2 saturated heterocycles. The van der Waals surface area contributed by atoms with E-state index in [9.17, 15) is 27.9 Å². The van der Waals surface area contributed by atoms with Gasteiger partial charge in [-0.15, -0.1) is 0 Å². The Kier molecular flexibility index (Phi) is 11.8. The number of nitrogens with zero attached hydrogens (tertiary/aromatic N) is 4. The highest BCUT2D eigenvalue weighted by Crippen LogP contribution is 2.41. The third-order valence-corrected chi connectivity index (χ3v) is 12.8. The van der Waals surface area contributed by atoms with Gasteiger partial charge in [0.25, 0.3) is 5.91 Å². The molecule has 0 spiro atoms. The second-order valence-electron chi connectivity index (χ2n) is 15.6. The van der Waals surface area contributed by atoms with Crippen molar-refractivity contribution < 1.29 is 37.4 Å². The molecule has 1 atom stereocenters. The number of likely N-dealkylation sites (N-methyl/N-ethyl adjacent to an activating group) is 1. The molecular weight excluding hydrogens is 783 g/mol. The number of hydrogen-bond donors (Lipinski definition) is 2. The Morgan fingerprint density at radius 3 is 2.28 bits per heavy atom. The molecule has 1 unspecified atom stereocenters. The lowest BCUT2D eigenvalue weighted by atomic mass is 9.99. The van der Waals surface area contributed by atoms with Gasteiger partial charge in [-0.05, 0) is 108 Å². The Labute approximate surface area is 350 Å². The molecule has 5 aromatic rings. The molecule has 0 bridgehead atoms. The smallest absolute Gasteiger partial charge is 0.255 e. The quantitative estimate of drug-likeness (QED) is 0.133. The van der Waals surface area contributed by atoms with Gasteiger partial charge >= 0.3 is 0 Å². The Balaban J connectivity index is 0.813. The minimum atomic E-state index is -3.34. The predicted octanol–water partition coefficient (Wildman–Crippen LogP) is 5.69. The maximum atomic E-state index is 13.1. The van der Waals surface area contributed by atoms with Gasteiger partial charge in [-0.1, -0.05) is 25.1 Å². The number of fused-ring (bicyclic) bond motifs is 2. The lowest BCUT2D eigenvalue weighted by Gasteiger charge is -2.37. The van der Waals surface area contributed by atoms with Gasteiger partial charge in [-0.25, -0.2) is 8.42 Å². The van der Waals surface area contributed by atoms with Crippen LogP contribution < -0.4 is 19.7 Å². The van der Waals surface area contributed by atoms with E-state index in [0.717, 1.165) is 91.3 Å². The van der Waals surface area contributed by atoms with Crippen molar-refractivity contribution in [1.82, 2.24) is 20.0 Å². The van der Waals surface area contributed by atoms with Crippen LogP contribution in [0, 0.1) is 0 Å². The van der Waals surface area contributed by atoms with E-state index in [1.807, 2.05) is 54.6 Å².